The van der Waals surface area contributed by atoms with Crippen LogP contribution in [0.5, 0.6) is 0 Å². The highest BCUT2D eigenvalue weighted by Gasteiger charge is 2.10. The number of carbonyl (C=O) groups excluding carboxylic acids is 2. The zero-order valence-corrected chi connectivity index (χ0v) is 28.9. The minimum absolute atomic E-state index is 0.144. The van der Waals surface area contributed by atoms with Crippen LogP contribution in [0.15, 0.2) is 78.9 Å². The molecule has 0 unspecified atom stereocenters. The molecule has 278 valence electrons. The molecule has 0 saturated heterocycles. The molecule has 0 aliphatic heterocycles. The van der Waals surface area contributed by atoms with E-state index in [0.29, 0.717) is 114 Å². The van der Waals surface area contributed by atoms with Crippen LogP contribution in [0.4, 0.5) is 27.9 Å². The normalized spacial score (nSPS) is 10.8. The minimum atomic E-state index is -0.319. The van der Waals surface area contributed by atoms with E-state index in [1.54, 1.807) is 48.5 Å². The van der Waals surface area contributed by atoms with Gasteiger partial charge in [0, 0.05) is 49.5 Å². The van der Waals surface area contributed by atoms with E-state index in [4.69, 9.17) is 24.7 Å². The SMILES string of the molecule is NCCOCCOCCNC(=O)c1ccc(Nc2nc(NCCOCCOCCNC(=O)c3ccccc3)nc(NCc3ccc(F)cc3)n2)cc1. The van der Waals surface area contributed by atoms with Crippen molar-refractivity contribution < 1.29 is 32.9 Å². The van der Waals surface area contributed by atoms with Crippen LogP contribution < -0.4 is 32.3 Å². The standard InChI is InChI=1S/C36H46FN9O6/c37-30-10-6-27(7-11-30)26-42-35-44-34(41-17-21-52-25-24-51-19-15-39-32(47)28-4-2-1-3-5-28)45-36(46-35)43-31-12-8-29(9-13-31)33(48)40-16-20-50-23-22-49-18-14-38/h1-13H,14-26,38H2,(H,39,47)(H,40,48)(H3,41,42,43,44,45,46). The van der Waals surface area contributed by atoms with E-state index in [9.17, 15) is 14.0 Å². The highest BCUT2D eigenvalue weighted by molar-refractivity contribution is 5.94. The molecule has 0 fully saturated rings. The van der Waals surface area contributed by atoms with Gasteiger partial charge in [0.25, 0.3) is 11.8 Å². The van der Waals surface area contributed by atoms with E-state index in [1.807, 2.05) is 18.2 Å². The van der Waals surface area contributed by atoms with Crippen LogP contribution in [0.2, 0.25) is 0 Å². The summed E-state index contributed by atoms with van der Waals surface area (Å²) in [5, 5.41) is 15.1. The Morgan fingerprint density at radius 1 is 0.577 bits per heavy atom. The monoisotopic (exact) mass is 719 g/mol. The highest BCUT2D eigenvalue weighted by atomic mass is 19.1. The Balaban J connectivity index is 1.21. The number of carbonyl (C=O) groups is 2. The molecule has 0 radical (unpaired) electrons. The Morgan fingerprint density at radius 2 is 1.10 bits per heavy atom. The maximum atomic E-state index is 13.4. The van der Waals surface area contributed by atoms with E-state index >= 15 is 0 Å². The Labute approximate surface area is 302 Å². The van der Waals surface area contributed by atoms with Gasteiger partial charge in [-0.2, -0.15) is 15.0 Å². The summed E-state index contributed by atoms with van der Waals surface area (Å²) < 4.78 is 35.2. The van der Waals surface area contributed by atoms with E-state index in [1.165, 1.54) is 12.1 Å². The quantitative estimate of drug-likeness (QED) is 0.0548. The molecule has 3 aromatic carbocycles. The third kappa shape index (κ3) is 15.3. The van der Waals surface area contributed by atoms with Gasteiger partial charge in [-0.05, 0) is 54.1 Å². The average Bonchev–Trinajstić information content (AvgIpc) is 3.17. The number of ether oxygens (including phenoxy) is 4. The Morgan fingerprint density at radius 3 is 1.69 bits per heavy atom. The van der Waals surface area contributed by atoms with E-state index in [2.05, 4.69) is 41.5 Å². The zero-order chi connectivity index (χ0) is 36.6. The smallest absolute Gasteiger partial charge is 0.251 e. The number of rotatable bonds is 25. The summed E-state index contributed by atoms with van der Waals surface area (Å²) in [6, 6.07) is 22.0. The molecular weight excluding hydrogens is 673 g/mol. The number of halogens is 1. The van der Waals surface area contributed by atoms with Crippen LogP contribution in [0.3, 0.4) is 0 Å². The van der Waals surface area contributed by atoms with Gasteiger partial charge in [-0.3, -0.25) is 9.59 Å². The van der Waals surface area contributed by atoms with Crippen molar-refractivity contribution in [3.8, 4) is 0 Å². The van der Waals surface area contributed by atoms with Gasteiger partial charge in [0.1, 0.15) is 5.82 Å². The van der Waals surface area contributed by atoms with Crippen LogP contribution in [-0.4, -0.2) is 106 Å². The summed E-state index contributed by atoms with van der Waals surface area (Å²) in [7, 11) is 0. The van der Waals surface area contributed by atoms with E-state index < -0.39 is 0 Å². The predicted octanol–water partition coefficient (Wildman–Crippen LogP) is 2.96. The molecule has 0 saturated carbocycles. The molecule has 16 heteroatoms. The first-order chi connectivity index (χ1) is 25.5. The third-order valence-electron chi connectivity index (χ3n) is 7.04. The summed E-state index contributed by atoms with van der Waals surface area (Å²) in [5.41, 5.74) is 7.96. The van der Waals surface area contributed by atoms with Crippen molar-refractivity contribution in [3.05, 3.63) is 101 Å². The number of aromatic nitrogens is 3. The Kier molecular flexibility index (Phi) is 17.7. The number of amides is 2. The highest BCUT2D eigenvalue weighted by Crippen LogP contribution is 2.17. The number of nitrogens with zero attached hydrogens (tertiary/aromatic N) is 3. The molecule has 0 spiro atoms. The lowest BCUT2D eigenvalue weighted by Gasteiger charge is -2.12. The van der Waals surface area contributed by atoms with Crippen molar-refractivity contribution in [1.29, 1.82) is 0 Å². The average molecular weight is 720 g/mol. The van der Waals surface area contributed by atoms with Crippen molar-refractivity contribution >= 4 is 35.3 Å². The first-order valence-corrected chi connectivity index (χ1v) is 17.0. The first-order valence-electron chi connectivity index (χ1n) is 17.0. The second-order valence-electron chi connectivity index (χ2n) is 11.0. The molecule has 0 aliphatic carbocycles. The van der Waals surface area contributed by atoms with Crippen LogP contribution in [-0.2, 0) is 25.5 Å². The van der Waals surface area contributed by atoms with E-state index in [-0.39, 0.29) is 23.6 Å². The number of hydrogen-bond acceptors (Lipinski definition) is 13. The summed E-state index contributed by atoms with van der Waals surface area (Å²) in [6.07, 6.45) is 0. The topological polar surface area (TPSA) is 196 Å². The molecule has 2 amide bonds. The number of anilines is 4. The molecule has 4 aromatic rings. The minimum Gasteiger partial charge on any atom is -0.378 e. The lowest BCUT2D eigenvalue weighted by atomic mass is 10.2. The maximum Gasteiger partial charge on any atom is 0.251 e. The van der Waals surface area contributed by atoms with Gasteiger partial charge in [-0.25, -0.2) is 4.39 Å². The van der Waals surface area contributed by atoms with Gasteiger partial charge < -0.3 is 51.3 Å². The summed E-state index contributed by atoms with van der Waals surface area (Å²) in [5.74, 6) is 0.168. The molecular formula is C36H46FN9O6. The summed E-state index contributed by atoms with van der Waals surface area (Å²) in [4.78, 5) is 38.0. The van der Waals surface area contributed by atoms with Gasteiger partial charge in [0.2, 0.25) is 17.8 Å². The number of nitrogens with one attached hydrogen (secondary N) is 5. The Hall–Kier alpha value is -5.26. The third-order valence-corrected chi connectivity index (χ3v) is 7.04. The lowest BCUT2D eigenvalue weighted by molar-refractivity contribution is 0.0511. The fourth-order valence-corrected chi connectivity index (χ4v) is 4.44. The fourth-order valence-electron chi connectivity index (χ4n) is 4.44. The summed E-state index contributed by atoms with van der Waals surface area (Å²) in [6.45, 7) is 5.19. The molecule has 0 aliphatic rings. The molecule has 15 nitrogen and oxygen atoms in total. The number of nitrogens with two attached hydrogens (primary N) is 1. The Bertz CT molecular complexity index is 1620. The fraction of sp³-hybridized carbons (Fsp3) is 0.361. The zero-order valence-electron chi connectivity index (χ0n) is 28.9. The first kappa shape index (κ1) is 39.5. The molecule has 1 aromatic heterocycles. The van der Waals surface area contributed by atoms with Crippen molar-refractivity contribution in [2.75, 3.05) is 95.0 Å². The largest absolute Gasteiger partial charge is 0.378 e. The van der Waals surface area contributed by atoms with Crippen LogP contribution in [0.1, 0.15) is 26.3 Å². The second-order valence-corrected chi connectivity index (χ2v) is 11.0. The van der Waals surface area contributed by atoms with Gasteiger partial charge in [0.15, 0.2) is 0 Å². The van der Waals surface area contributed by atoms with Crippen molar-refractivity contribution in [3.63, 3.8) is 0 Å². The summed E-state index contributed by atoms with van der Waals surface area (Å²) >= 11 is 0. The number of benzene rings is 3. The van der Waals surface area contributed by atoms with Gasteiger partial charge in [0.05, 0.1) is 52.9 Å². The van der Waals surface area contributed by atoms with Crippen LogP contribution in [0, 0.1) is 5.82 Å². The molecule has 1 heterocycles. The number of hydrogen-bond donors (Lipinski definition) is 6. The molecule has 4 rings (SSSR count). The van der Waals surface area contributed by atoms with Crippen LogP contribution in [0.25, 0.3) is 0 Å². The molecule has 7 N–H and O–H groups in total. The molecule has 0 bridgehead atoms. The van der Waals surface area contributed by atoms with E-state index in [0.717, 1.165) is 5.56 Å². The van der Waals surface area contributed by atoms with Crippen molar-refractivity contribution in [2.45, 2.75) is 6.54 Å². The van der Waals surface area contributed by atoms with Crippen molar-refractivity contribution in [1.82, 2.24) is 25.6 Å². The maximum absolute atomic E-state index is 13.4. The second kappa shape index (κ2) is 23.3. The lowest BCUT2D eigenvalue weighted by Crippen LogP contribution is -2.27. The van der Waals surface area contributed by atoms with Gasteiger partial charge in [-0.1, -0.05) is 30.3 Å². The van der Waals surface area contributed by atoms with Crippen LogP contribution >= 0.6 is 0 Å². The molecule has 0 atom stereocenters. The van der Waals surface area contributed by atoms with Gasteiger partial charge >= 0.3 is 0 Å². The predicted molar refractivity (Wildman–Crippen MR) is 195 cm³/mol. The molecule has 52 heavy (non-hydrogen) atoms. The van der Waals surface area contributed by atoms with Crippen molar-refractivity contribution in [2.24, 2.45) is 5.73 Å². The van der Waals surface area contributed by atoms with Gasteiger partial charge in [-0.15, -0.1) is 0 Å².